The smallest absolute Gasteiger partial charge is 0.330 e. The maximum absolute atomic E-state index is 11.2. The molecule has 22 heavy (non-hydrogen) atoms. The largest absolute Gasteiger partial charge is 0.466 e. The number of hydrogen-bond donors (Lipinski definition) is 0. The van der Waals surface area contributed by atoms with E-state index in [9.17, 15) is 14.9 Å². The van der Waals surface area contributed by atoms with Crippen molar-refractivity contribution in [1.82, 2.24) is 4.98 Å². The van der Waals surface area contributed by atoms with Crippen molar-refractivity contribution in [1.29, 1.82) is 0 Å². The molecule has 0 radical (unpaired) electrons. The van der Waals surface area contributed by atoms with Crippen molar-refractivity contribution in [2.45, 2.75) is 16.2 Å². The standard InChI is InChI=1S/C14H12N2O4S2/c1-9-8-21-14(15-9)22-12-5-3-10(4-6-13(17)20-2)7-11(12)16(18)19/h3-8H,1-2H3/b6-4+. The second-order valence-electron chi connectivity index (χ2n) is 4.20. The number of rotatable bonds is 5. The Balaban J connectivity index is 2.29. The number of thiazole rings is 1. The average Bonchev–Trinajstić information content (AvgIpc) is 2.90. The first-order valence-electron chi connectivity index (χ1n) is 6.14. The summed E-state index contributed by atoms with van der Waals surface area (Å²) in [5.41, 5.74) is 1.41. The van der Waals surface area contributed by atoms with Crippen molar-refractivity contribution < 1.29 is 14.5 Å². The highest BCUT2D eigenvalue weighted by atomic mass is 32.2. The van der Waals surface area contributed by atoms with Crippen LogP contribution in [0.15, 0.2) is 38.9 Å². The molecule has 0 spiro atoms. The summed E-state index contributed by atoms with van der Waals surface area (Å²) in [6.07, 6.45) is 2.69. The Morgan fingerprint density at radius 2 is 2.27 bits per heavy atom. The third-order valence-corrected chi connectivity index (χ3v) is 4.71. The highest BCUT2D eigenvalue weighted by Crippen LogP contribution is 2.36. The minimum Gasteiger partial charge on any atom is -0.466 e. The van der Waals surface area contributed by atoms with Crippen LogP contribution in [0.5, 0.6) is 0 Å². The lowest BCUT2D eigenvalue weighted by molar-refractivity contribution is -0.387. The fraction of sp³-hybridized carbons (Fsp3) is 0.143. The van der Waals surface area contributed by atoms with Crippen LogP contribution in [0.4, 0.5) is 5.69 Å². The number of ether oxygens (including phenoxy) is 1. The summed E-state index contributed by atoms with van der Waals surface area (Å²) in [6.45, 7) is 1.87. The zero-order valence-corrected chi connectivity index (χ0v) is 13.4. The third-order valence-electron chi connectivity index (χ3n) is 2.59. The molecule has 0 N–H and O–H groups in total. The average molecular weight is 336 g/mol. The normalized spacial score (nSPS) is 10.8. The lowest BCUT2D eigenvalue weighted by atomic mass is 10.2. The first-order valence-corrected chi connectivity index (χ1v) is 7.83. The van der Waals surface area contributed by atoms with Gasteiger partial charge in [0.1, 0.15) is 0 Å². The maximum Gasteiger partial charge on any atom is 0.330 e. The van der Waals surface area contributed by atoms with Gasteiger partial charge in [-0.15, -0.1) is 11.3 Å². The van der Waals surface area contributed by atoms with Crippen LogP contribution in [0.2, 0.25) is 0 Å². The van der Waals surface area contributed by atoms with E-state index in [1.807, 2.05) is 12.3 Å². The molecular weight excluding hydrogens is 324 g/mol. The zero-order valence-electron chi connectivity index (χ0n) is 11.8. The van der Waals surface area contributed by atoms with Crippen molar-refractivity contribution in [3.63, 3.8) is 0 Å². The number of aryl methyl sites for hydroxylation is 1. The predicted octanol–water partition coefficient (Wildman–Crippen LogP) is 3.70. The summed E-state index contributed by atoms with van der Waals surface area (Å²) in [7, 11) is 1.27. The van der Waals surface area contributed by atoms with Gasteiger partial charge in [-0.1, -0.05) is 17.8 Å². The van der Waals surface area contributed by atoms with Crippen molar-refractivity contribution in [3.8, 4) is 0 Å². The number of nitro benzene ring substituents is 1. The van der Waals surface area contributed by atoms with Crippen molar-refractivity contribution in [2.75, 3.05) is 7.11 Å². The number of methoxy groups -OCH3 is 1. The van der Waals surface area contributed by atoms with Crippen LogP contribution in [-0.4, -0.2) is 23.0 Å². The summed E-state index contributed by atoms with van der Waals surface area (Å²) in [5, 5.41) is 13.1. The van der Waals surface area contributed by atoms with Gasteiger partial charge in [-0.25, -0.2) is 9.78 Å². The number of carbonyl (C=O) groups excluding carboxylic acids is 1. The maximum atomic E-state index is 11.2. The van der Waals surface area contributed by atoms with E-state index >= 15 is 0 Å². The van der Waals surface area contributed by atoms with Gasteiger partial charge in [0.05, 0.1) is 16.9 Å². The van der Waals surface area contributed by atoms with E-state index in [0.717, 1.165) is 10.0 Å². The zero-order chi connectivity index (χ0) is 16.1. The molecule has 0 aliphatic heterocycles. The second kappa shape index (κ2) is 7.19. The second-order valence-corrected chi connectivity index (χ2v) is 6.34. The van der Waals surface area contributed by atoms with Gasteiger partial charge in [0.25, 0.3) is 5.69 Å². The molecule has 0 atom stereocenters. The topological polar surface area (TPSA) is 82.3 Å². The van der Waals surface area contributed by atoms with E-state index in [-0.39, 0.29) is 5.69 Å². The highest BCUT2D eigenvalue weighted by Gasteiger charge is 2.16. The summed E-state index contributed by atoms with van der Waals surface area (Å²) in [6, 6.07) is 4.77. The molecule has 2 aromatic rings. The van der Waals surface area contributed by atoms with Crippen LogP contribution in [-0.2, 0) is 9.53 Å². The summed E-state index contributed by atoms with van der Waals surface area (Å²) >= 11 is 2.69. The molecule has 2 rings (SSSR count). The van der Waals surface area contributed by atoms with E-state index in [1.165, 1.54) is 48.4 Å². The van der Waals surface area contributed by atoms with Gasteiger partial charge in [-0.2, -0.15) is 0 Å². The molecule has 1 aromatic heterocycles. The first kappa shape index (κ1) is 16.2. The van der Waals surface area contributed by atoms with Crippen LogP contribution >= 0.6 is 23.1 Å². The van der Waals surface area contributed by atoms with Crippen LogP contribution < -0.4 is 0 Å². The number of benzene rings is 1. The Hall–Kier alpha value is -2.19. The Bertz CT molecular complexity index is 740. The van der Waals surface area contributed by atoms with E-state index in [1.54, 1.807) is 12.1 Å². The molecule has 0 unspecified atom stereocenters. The monoisotopic (exact) mass is 336 g/mol. The minimum atomic E-state index is -0.514. The molecule has 0 saturated carbocycles. The van der Waals surface area contributed by atoms with Gasteiger partial charge in [0.15, 0.2) is 4.34 Å². The van der Waals surface area contributed by atoms with Gasteiger partial charge < -0.3 is 4.74 Å². The molecule has 0 amide bonds. The van der Waals surface area contributed by atoms with E-state index < -0.39 is 10.9 Å². The molecule has 114 valence electrons. The molecule has 1 heterocycles. The van der Waals surface area contributed by atoms with Gasteiger partial charge in [-0.05, 0) is 24.6 Å². The van der Waals surface area contributed by atoms with Crippen LogP contribution in [0.25, 0.3) is 6.08 Å². The van der Waals surface area contributed by atoms with E-state index in [4.69, 9.17) is 0 Å². The lowest BCUT2D eigenvalue weighted by Gasteiger charge is -2.02. The number of aromatic nitrogens is 1. The number of esters is 1. The molecule has 0 aliphatic rings. The van der Waals surface area contributed by atoms with Gasteiger partial charge >= 0.3 is 5.97 Å². The fourth-order valence-electron chi connectivity index (χ4n) is 1.57. The van der Waals surface area contributed by atoms with Gasteiger partial charge in [-0.3, -0.25) is 10.1 Å². The van der Waals surface area contributed by atoms with Crippen LogP contribution in [0, 0.1) is 17.0 Å². The first-order chi connectivity index (χ1) is 10.5. The minimum absolute atomic E-state index is 0.0233. The number of hydrogen-bond acceptors (Lipinski definition) is 7. The van der Waals surface area contributed by atoms with Gasteiger partial charge in [0, 0.05) is 23.2 Å². The molecule has 0 bridgehead atoms. The molecule has 1 aromatic carbocycles. The third kappa shape index (κ3) is 4.15. The van der Waals surface area contributed by atoms with Crippen molar-refractivity contribution >= 4 is 40.8 Å². The molecule has 6 nitrogen and oxygen atoms in total. The van der Waals surface area contributed by atoms with Crippen LogP contribution in [0.3, 0.4) is 0 Å². The number of nitro groups is 1. The number of nitrogens with zero attached hydrogens (tertiary/aromatic N) is 2. The molecule has 0 fully saturated rings. The molecule has 0 aliphatic carbocycles. The predicted molar refractivity (Wildman–Crippen MR) is 85.1 cm³/mol. The van der Waals surface area contributed by atoms with E-state index in [0.29, 0.717) is 10.5 Å². The molecular formula is C14H12N2O4S2. The van der Waals surface area contributed by atoms with E-state index in [2.05, 4.69) is 9.72 Å². The van der Waals surface area contributed by atoms with Crippen LogP contribution in [0.1, 0.15) is 11.3 Å². The summed E-state index contributed by atoms with van der Waals surface area (Å²) < 4.78 is 5.23. The Morgan fingerprint density at radius 1 is 1.50 bits per heavy atom. The summed E-state index contributed by atoms with van der Waals surface area (Å²) in [4.78, 5) is 26.6. The van der Waals surface area contributed by atoms with Gasteiger partial charge in [0.2, 0.25) is 0 Å². The molecule has 8 heteroatoms. The molecule has 0 saturated heterocycles. The summed E-state index contributed by atoms with van der Waals surface area (Å²) in [5.74, 6) is -0.514. The quantitative estimate of drug-likeness (QED) is 0.358. The SMILES string of the molecule is COC(=O)/C=C/c1ccc(Sc2nc(C)cs2)c([N+](=O)[O-])c1. The van der Waals surface area contributed by atoms with Crippen molar-refractivity contribution in [2.24, 2.45) is 0 Å². The lowest BCUT2D eigenvalue weighted by Crippen LogP contribution is -1.94. The Morgan fingerprint density at radius 3 is 2.86 bits per heavy atom. The Labute approximate surface area is 135 Å². The fourth-order valence-corrected chi connectivity index (χ4v) is 3.45. The van der Waals surface area contributed by atoms with Crippen molar-refractivity contribution in [3.05, 3.63) is 51.0 Å². The Kier molecular flexibility index (Phi) is 5.29. The number of carbonyl (C=O) groups is 1. The highest BCUT2D eigenvalue weighted by molar-refractivity contribution is 8.01.